The van der Waals surface area contributed by atoms with Crippen LogP contribution in [-0.4, -0.2) is 73.3 Å². The molecular weight excluding hydrogens is 535 g/mol. The van der Waals surface area contributed by atoms with Crippen LogP contribution < -0.4 is 10.7 Å². The number of nitrogens with one attached hydrogen (secondary N) is 2. The Hall–Kier alpha value is -2.73. The molecule has 0 aromatic carbocycles. The van der Waals surface area contributed by atoms with Crippen molar-refractivity contribution in [3.8, 4) is 0 Å². The molecule has 0 radical (unpaired) electrons. The molecule has 0 saturated carbocycles. The summed E-state index contributed by atoms with van der Waals surface area (Å²) in [6, 6.07) is 3.89. The Labute approximate surface area is 229 Å². The molecule has 13 heteroatoms. The number of amides is 3. The molecule has 1 saturated heterocycles. The molecule has 1 aliphatic heterocycles. The van der Waals surface area contributed by atoms with Crippen LogP contribution in [0.2, 0.25) is 10.3 Å². The Bertz CT molecular complexity index is 1160. The molecule has 10 nitrogen and oxygen atoms in total. The van der Waals surface area contributed by atoms with Crippen LogP contribution in [0.5, 0.6) is 0 Å². The molecule has 1 atom stereocenters. The summed E-state index contributed by atoms with van der Waals surface area (Å²) >= 11 is 13.7. The summed E-state index contributed by atoms with van der Waals surface area (Å²) in [4.78, 5) is 34.0. The molecule has 3 amide bonds. The average Bonchev–Trinajstić information content (AvgIpc) is 3.56. The van der Waals surface area contributed by atoms with Gasteiger partial charge in [0.15, 0.2) is 0 Å². The Morgan fingerprint density at radius 1 is 1.24 bits per heavy atom. The van der Waals surface area contributed by atoms with Crippen molar-refractivity contribution in [2.24, 2.45) is 0 Å². The Morgan fingerprint density at radius 2 is 1.97 bits per heavy atom. The van der Waals surface area contributed by atoms with Gasteiger partial charge >= 0.3 is 6.03 Å². The quantitative estimate of drug-likeness (QED) is 0.377. The van der Waals surface area contributed by atoms with Crippen molar-refractivity contribution in [2.45, 2.75) is 51.7 Å². The van der Waals surface area contributed by atoms with E-state index in [2.05, 4.69) is 43.1 Å². The molecule has 0 spiro atoms. The van der Waals surface area contributed by atoms with Crippen molar-refractivity contribution in [3.05, 3.63) is 62.5 Å². The topological polar surface area (TPSA) is 108 Å². The summed E-state index contributed by atoms with van der Waals surface area (Å²) in [6.45, 7) is 6.75. The highest BCUT2D eigenvalue weighted by Crippen LogP contribution is 2.23. The van der Waals surface area contributed by atoms with Crippen molar-refractivity contribution in [1.82, 2.24) is 35.0 Å². The monoisotopic (exact) mass is 564 g/mol. The van der Waals surface area contributed by atoms with Crippen LogP contribution in [0.15, 0.2) is 35.5 Å². The molecular formula is C24H30Cl2N8O2S. The van der Waals surface area contributed by atoms with E-state index in [-0.39, 0.29) is 34.3 Å². The number of halogens is 2. The van der Waals surface area contributed by atoms with Crippen LogP contribution in [0, 0.1) is 6.92 Å². The predicted molar refractivity (Wildman–Crippen MR) is 145 cm³/mol. The van der Waals surface area contributed by atoms with Crippen LogP contribution >= 0.6 is 34.5 Å². The molecule has 0 aliphatic carbocycles. The molecule has 4 heterocycles. The fourth-order valence-electron chi connectivity index (χ4n) is 4.55. The summed E-state index contributed by atoms with van der Waals surface area (Å²) in [5, 5.41) is 14.9. The molecule has 1 fully saturated rings. The maximum Gasteiger partial charge on any atom is 0.337 e. The zero-order valence-corrected chi connectivity index (χ0v) is 23.1. The first kappa shape index (κ1) is 27.3. The Balaban J connectivity index is 1.28. The first-order valence-corrected chi connectivity index (χ1v) is 13.8. The van der Waals surface area contributed by atoms with Crippen LogP contribution in [-0.2, 0) is 6.54 Å². The van der Waals surface area contributed by atoms with Gasteiger partial charge in [0.1, 0.15) is 23.0 Å². The second-order valence-corrected chi connectivity index (χ2v) is 10.7. The number of hydrogen-bond acceptors (Lipinski definition) is 7. The minimum Gasteiger partial charge on any atom is -0.352 e. The van der Waals surface area contributed by atoms with Crippen LogP contribution in [0.1, 0.15) is 47.7 Å². The van der Waals surface area contributed by atoms with Gasteiger partial charge in [-0.15, -0.1) is 10.2 Å². The number of urea groups is 1. The number of piperidine rings is 1. The van der Waals surface area contributed by atoms with Crippen LogP contribution in [0.4, 0.5) is 4.79 Å². The van der Waals surface area contributed by atoms with Crippen molar-refractivity contribution >= 4 is 46.5 Å². The Kier molecular flexibility index (Phi) is 9.36. The van der Waals surface area contributed by atoms with Gasteiger partial charge < -0.3 is 15.1 Å². The number of likely N-dealkylation sites (tertiary alicyclic amines) is 1. The number of carbonyl (C=O) groups excluding carboxylic acids is 2. The summed E-state index contributed by atoms with van der Waals surface area (Å²) in [5.74, 6) is -0.249. The maximum atomic E-state index is 13.1. The fourth-order valence-corrected chi connectivity index (χ4v) is 5.83. The highest BCUT2D eigenvalue weighted by Gasteiger charge is 2.30. The lowest BCUT2D eigenvalue weighted by Crippen LogP contribution is -2.51. The second kappa shape index (κ2) is 12.7. The van der Waals surface area contributed by atoms with Gasteiger partial charge in [-0.2, -0.15) is 11.3 Å². The van der Waals surface area contributed by atoms with E-state index in [1.807, 2.05) is 16.3 Å². The van der Waals surface area contributed by atoms with Crippen LogP contribution in [0.25, 0.3) is 0 Å². The van der Waals surface area contributed by atoms with Crippen molar-refractivity contribution in [3.63, 3.8) is 0 Å². The van der Waals surface area contributed by atoms with E-state index in [1.165, 1.54) is 17.3 Å². The third-order valence-corrected chi connectivity index (χ3v) is 7.82. The van der Waals surface area contributed by atoms with E-state index < -0.39 is 0 Å². The average molecular weight is 566 g/mol. The summed E-state index contributed by atoms with van der Waals surface area (Å²) in [6.07, 6.45) is 5.44. The molecule has 4 rings (SSSR count). The largest absolute Gasteiger partial charge is 0.352 e. The third kappa shape index (κ3) is 7.19. The molecule has 3 aromatic heterocycles. The van der Waals surface area contributed by atoms with Gasteiger partial charge in [-0.3, -0.25) is 4.79 Å². The molecule has 2 N–H and O–H groups in total. The predicted octanol–water partition coefficient (Wildman–Crippen LogP) is 4.19. The van der Waals surface area contributed by atoms with Gasteiger partial charge in [-0.25, -0.2) is 19.9 Å². The lowest BCUT2D eigenvalue weighted by atomic mass is 10.0. The van der Waals surface area contributed by atoms with Gasteiger partial charge in [-0.05, 0) is 67.1 Å². The van der Waals surface area contributed by atoms with Crippen molar-refractivity contribution in [1.29, 1.82) is 0 Å². The van der Waals surface area contributed by atoms with E-state index in [0.29, 0.717) is 24.2 Å². The number of thiophene rings is 1. The number of rotatable bonds is 9. The van der Waals surface area contributed by atoms with Gasteiger partial charge in [0.2, 0.25) is 0 Å². The minimum atomic E-state index is -0.249. The number of nitrogens with zero attached hydrogens (tertiary/aromatic N) is 6. The van der Waals surface area contributed by atoms with E-state index >= 15 is 0 Å². The van der Waals surface area contributed by atoms with Gasteiger partial charge in [0.25, 0.3) is 5.91 Å². The highest BCUT2D eigenvalue weighted by molar-refractivity contribution is 7.07. The zero-order chi connectivity index (χ0) is 26.4. The summed E-state index contributed by atoms with van der Waals surface area (Å²) in [5.41, 5.74) is 5.00. The minimum absolute atomic E-state index is 0.109. The number of aryl methyl sites for hydroxylation is 1. The number of hydrogen-bond donors (Lipinski definition) is 2. The van der Waals surface area contributed by atoms with Crippen LogP contribution in [0.3, 0.4) is 0 Å². The van der Waals surface area contributed by atoms with Gasteiger partial charge in [-0.1, -0.05) is 23.2 Å². The van der Waals surface area contributed by atoms with E-state index in [9.17, 15) is 9.59 Å². The second-order valence-electron chi connectivity index (χ2n) is 9.13. The number of pyridine rings is 1. The third-order valence-electron chi connectivity index (χ3n) is 6.62. The molecule has 1 aliphatic rings. The lowest BCUT2D eigenvalue weighted by Gasteiger charge is -2.40. The maximum absolute atomic E-state index is 13.1. The molecule has 198 valence electrons. The van der Waals surface area contributed by atoms with Gasteiger partial charge in [0, 0.05) is 38.3 Å². The molecule has 37 heavy (non-hydrogen) atoms. The zero-order valence-electron chi connectivity index (χ0n) is 20.7. The first-order valence-electron chi connectivity index (χ1n) is 12.1. The fraction of sp³-hybridized carbons (Fsp3) is 0.458. The lowest BCUT2D eigenvalue weighted by molar-refractivity contribution is 0.0917. The number of aromatic nitrogens is 4. The SMILES string of the molecule is Cc1cc(Cl)nc(Cl)c1C(=O)NCC[C@@H](C)N1CCC(N(Cc2ccsc2)C(=O)Nn2cnnc2)CC1. The molecule has 3 aromatic rings. The van der Waals surface area contributed by atoms with E-state index in [0.717, 1.165) is 37.9 Å². The Morgan fingerprint density at radius 3 is 2.62 bits per heavy atom. The highest BCUT2D eigenvalue weighted by atomic mass is 35.5. The van der Waals surface area contributed by atoms with Crippen molar-refractivity contribution in [2.75, 3.05) is 25.1 Å². The number of carbonyl (C=O) groups is 2. The molecule has 0 unspecified atom stereocenters. The van der Waals surface area contributed by atoms with E-state index in [4.69, 9.17) is 23.2 Å². The van der Waals surface area contributed by atoms with Crippen molar-refractivity contribution < 1.29 is 9.59 Å². The summed E-state index contributed by atoms with van der Waals surface area (Å²) < 4.78 is 1.46. The normalized spacial score (nSPS) is 15.4. The smallest absolute Gasteiger partial charge is 0.337 e. The first-order chi connectivity index (χ1) is 17.8. The standard InChI is InChI=1S/C24H30Cl2N8O2S/c1-16-11-20(25)30-22(26)21(16)23(35)27-7-3-17(2)32-8-4-19(5-9-32)34(12-18-6-10-37-13-18)24(36)31-33-14-28-29-15-33/h6,10-11,13-15,17,19H,3-5,7-9,12H2,1-2H3,(H,27,35)(H,31,36)/t17-/m1/s1. The van der Waals surface area contributed by atoms with E-state index in [1.54, 1.807) is 24.3 Å². The molecule has 0 bridgehead atoms. The van der Waals surface area contributed by atoms with Gasteiger partial charge in [0.05, 0.1) is 5.56 Å². The summed E-state index contributed by atoms with van der Waals surface area (Å²) in [7, 11) is 0.